The molecule has 0 saturated heterocycles. The molecule has 0 aliphatic rings. The van der Waals surface area contributed by atoms with E-state index in [1.54, 1.807) is 13.3 Å². The van der Waals surface area contributed by atoms with Gasteiger partial charge in [0.15, 0.2) is 0 Å². The van der Waals surface area contributed by atoms with Crippen molar-refractivity contribution >= 4 is 12.4 Å². The van der Waals surface area contributed by atoms with Crippen molar-refractivity contribution in [3.05, 3.63) is 77.9 Å². The lowest BCUT2D eigenvalue weighted by atomic mass is 10.1. The third-order valence-electron chi connectivity index (χ3n) is 4.88. The zero-order valence-electron chi connectivity index (χ0n) is 17.6. The summed E-state index contributed by atoms with van der Waals surface area (Å²) in [7, 11) is 3.60. The van der Waals surface area contributed by atoms with Crippen LogP contribution in [0, 0.1) is 0 Å². The molecule has 0 spiro atoms. The van der Waals surface area contributed by atoms with Crippen LogP contribution in [0.25, 0.3) is 0 Å². The topological polar surface area (TPSA) is 68.5 Å². The smallest absolute Gasteiger partial charge is 0.130 e. The molecule has 1 aromatic heterocycles. The first kappa shape index (κ1) is 23.7. The number of ether oxygens (including phenoxy) is 2. The lowest BCUT2D eigenvalue weighted by Crippen LogP contribution is -2.35. The summed E-state index contributed by atoms with van der Waals surface area (Å²) in [6, 6.07) is 15.6. The number of methoxy groups -OCH3 is 1. The normalized spacial score (nSPS) is 12.7. The van der Waals surface area contributed by atoms with E-state index in [-0.39, 0.29) is 25.1 Å². The zero-order chi connectivity index (χ0) is 20.6. The van der Waals surface area contributed by atoms with E-state index in [1.165, 1.54) is 5.56 Å². The van der Waals surface area contributed by atoms with Crippen LogP contribution >= 0.6 is 12.4 Å². The summed E-state index contributed by atoms with van der Waals surface area (Å²) in [6.07, 6.45) is 4.01. The summed E-state index contributed by atoms with van der Waals surface area (Å²) in [5.74, 6) is 2.40. The van der Waals surface area contributed by atoms with Crippen LogP contribution in [0.4, 0.5) is 0 Å². The van der Waals surface area contributed by atoms with Gasteiger partial charge in [0.05, 0.1) is 13.2 Å². The molecule has 30 heavy (non-hydrogen) atoms. The Morgan fingerprint density at radius 3 is 2.53 bits per heavy atom. The predicted molar refractivity (Wildman–Crippen MR) is 121 cm³/mol. The Morgan fingerprint density at radius 1 is 1.13 bits per heavy atom. The fourth-order valence-electron chi connectivity index (χ4n) is 3.16. The van der Waals surface area contributed by atoms with Crippen LogP contribution in [0.2, 0.25) is 0 Å². The molecule has 162 valence electrons. The number of nitrogens with zero attached hydrogens (tertiary/aromatic N) is 2. The van der Waals surface area contributed by atoms with Crippen LogP contribution in [0.5, 0.6) is 11.5 Å². The highest BCUT2D eigenvalue weighted by Crippen LogP contribution is 2.24. The molecular weight excluding hydrogens is 402 g/mol. The maximum Gasteiger partial charge on any atom is 0.130 e. The van der Waals surface area contributed by atoms with Crippen molar-refractivity contribution < 1.29 is 14.6 Å². The molecule has 2 unspecified atom stereocenters. The van der Waals surface area contributed by atoms with E-state index in [0.717, 1.165) is 29.3 Å². The Balaban J connectivity index is 0.00000320. The minimum atomic E-state index is -0.658. The minimum absolute atomic E-state index is 0. The lowest BCUT2D eigenvalue weighted by molar-refractivity contribution is 0.104. The van der Waals surface area contributed by atoms with E-state index in [1.807, 2.05) is 66.3 Å². The largest absolute Gasteiger partial charge is 0.497 e. The summed E-state index contributed by atoms with van der Waals surface area (Å²) in [4.78, 5) is 4.48. The third-order valence-corrected chi connectivity index (χ3v) is 4.88. The molecule has 0 fully saturated rings. The number of rotatable bonds is 10. The maximum atomic E-state index is 10.4. The molecule has 0 aliphatic carbocycles. The van der Waals surface area contributed by atoms with Crippen molar-refractivity contribution in [3.63, 3.8) is 0 Å². The van der Waals surface area contributed by atoms with Gasteiger partial charge in [0.25, 0.3) is 0 Å². The first-order chi connectivity index (χ1) is 14.1. The number of aryl methyl sites for hydroxylation is 2. The first-order valence-corrected chi connectivity index (χ1v) is 9.85. The van der Waals surface area contributed by atoms with E-state index in [4.69, 9.17) is 9.47 Å². The molecule has 0 bridgehead atoms. The molecule has 3 rings (SSSR count). The van der Waals surface area contributed by atoms with Crippen molar-refractivity contribution in [3.8, 4) is 11.5 Å². The van der Waals surface area contributed by atoms with Crippen LogP contribution in [0.3, 0.4) is 0 Å². The van der Waals surface area contributed by atoms with Crippen molar-refractivity contribution in [2.75, 3.05) is 20.3 Å². The van der Waals surface area contributed by atoms with Gasteiger partial charge in [-0.15, -0.1) is 12.4 Å². The Labute approximate surface area is 184 Å². The second-order valence-electron chi connectivity index (χ2n) is 6.98. The van der Waals surface area contributed by atoms with Crippen molar-refractivity contribution in [1.82, 2.24) is 14.9 Å². The van der Waals surface area contributed by atoms with Crippen molar-refractivity contribution in [2.24, 2.45) is 7.05 Å². The Bertz CT molecular complexity index is 899. The van der Waals surface area contributed by atoms with Crippen LogP contribution in [0.1, 0.15) is 29.9 Å². The van der Waals surface area contributed by atoms with E-state index in [2.05, 4.69) is 17.2 Å². The molecule has 2 atom stereocenters. The molecule has 1 heterocycles. The SMILES string of the molecule is CCc1ccc(OCC(O)CNC(c2cccc(OC)c2)c2nccn2C)cc1.Cl. The van der Waals surface area contributed by atoms with Gasteiger partial charge in [-0.1, -0.05) is 31.2 Å². The second kappa shape index (κ2) is 11.6. The van der Waals surface area contributed by atoms with Gasteiger partial charge in [-0.3, -0.25) is 0 Å². The van der Waals surface area contributed by atoms with Crippen LogP contribution in [0.15, 0.2) is 60.9 Å². The number of benzene rings is 2. The molecule has 0 aliphatic heterocycles. The van der Waals surface area contributed by atoms with Crippen LogP contribution < -0.4 is 14.8 Å². The summed E-state index contributed by atoms with van der Waals surface area (Å²) >= 11 is 0. The fourth-order valence-corrected chi connectivity index (χ4v) is 3.16. The molecule has 3 aromatic rings. The van der Waals surface area contributed by atoms with Gasteiger partial charge < -0.3 is 24.5 Å². The number of aliphatic hydroxyl groups excluding tert-OH is 1. The number of hydrogen-bond donors (Lipinski definition) is 2. The van der Waals surface area contributed by atoms with Gasteiger partial charge in [-0.05, 0) is 41.8 Å². The van der Waals surface area contributed by atoms with Gasteiger partial charge in [0.1, 0.15) is 30.0 Å². The highest BCUT2D eigenvalue weighted by molar-refractivity contribution is 5.85. The molecule has 7 heteroatoms. The van der Waals surface area contributed by atoms with Crippen LogP contribution in [-0.2, 0) is 13.5 Å². The van der Waals surface area contributed by atoms with Gasteiger partial charge in [-0.2, -0.15) is 0 Å². The quantitative estimate of drug-likeness (QED) is 0.514. The Morgan fingerprint density at radius 2 is 1.90 bits per heavy atom. The molecule has 0 radical (unpaired) electrons. The van der Waals surface area contributed by atoms with Crippen molar-refractivity contribution in [2.45, 2.75) is 25.5 Å². The van der Waals surface area contributed by atoms with E-state index in [0.29, 0.717) is 6.54 Å². The molecule has 0 saturated carbocycles. The number of imidazole rings is 1. The molecule has 2 N–H and O–H groups in total. The van der Waals surface area contributed by atoms with Crippen molar-refractivity contribution in [1.29, 1.82) is 0 Å². The fraction of sp³-hybridized carbons (Fsp3) is 0.348. The lowest BCUT2D eigenvalue weighted by Gasteiger charge is -2.22. The minimum Gasteiger partial charge on any atom is -0.497 e. The number of hydrogen-bond acceptors (Lipinski definition) is 5. The van der Waals surface area contributed by atoms with Gasteiger partial charge in [0, 0.05) is 26.0 Å². The van der Waals surface area contributed by atoms with Gasteiger partial charge in [-0.25, -0.2) is 4.98 Å². The van der Waals surface area contributed by atoms with E-state index >= 15 is 0 Å². The third kappa shape index (κ3) is 6.23. The van der Waals surface area contributed by atoms with Gasteiger partial charge >= 0.3 is 0 Å². The van der Waals surface area contributed by atoms with E-state index in [9.17, 15) is 5.11 Å². The van der Waals surface area contributed by atoms with E-state index < -0.39 is 6.10 Å². The zero-order valence-corrected chi connectivity index (χ0v) is 18.4. The molecule has 0 amide bonds. The van der Waals surface area contributed by atoms with Crippen LogP contribution in [-0.4, -0.2) is 41.0 Å². The standard InChI is InChI=1S/C23H29N3O3.ClH/c1-4-17-8-10-20(11-9-17)29-16-19(27)15-25-22(23-24-12-13-26(23)2)18-6-5-7-21(14-18)28-3;/h5-14,19,22,25,27H,4,15-16H2,1-3H3;1H. The highest BCUT2D eigenvalue weighted by Gasteiger charge is 2.20. The first-order valence-electron chi connectivity index (χ1n) is 9.85. The Hall–Kier alpha value is -2.54. The Kier molecular flexibility index (Phi) is 9.17. The molecular formula is C23H30ClN3O3. The average molecular weight is 432 g/mol. The summed E-state index contributed by atoms with van der Waals surface area (Å²) in [5, 5.41) is 13.9. The molecule has 6 nitrogen and oxygen atoms in total. The maximum absolute atomic E-state index is 10.4. The number of aliphatic hydroxyl groups is 1. The number of nitrogens with one attached hydrogen (secondary N) is 1. The highest BCUT2D eigenvalue weighted by atomic mass is 35.5. The summed E-state index contributed by atoms with van der Waals surface area (Å²) in [5.41, 5.74) is 2.28. The second-order valence-corrected chi connectivity index (χ2v) is 6.98. The predicted octanol–water partition coefficient (Wildman–Crippen LogP) is 3.53. The average Bonchev–Trinajstić information content (AvgIpc) is 3.18. The number of aromatic nitrogens is 2. The van der Waals surface area contributed by atoms with Gasteiger partial charge in [0.2, 0.25) is 0 Å². The summed E-state index contributed by atoms with van der Waals surface area (Å²) < 4.78 is 13.1. The summed E-state index contributed by atoms with van der Waals surface area (Å²) in [6.45, 7) is 2.69. The number of halogens is 1. The molecule has 2 aromatic carbocycles. The monoisotopic (exact) mass is 431 g/mol.